The van der Waals surface area contributed by atoms with E-state index in [-0.39, 0.29) is 24.3 Å². The monoisotopic (exact) mass is 290 g/mol. The maximum Gasteiger partial charge on any atom is 0.307 e. The SMILES string of the molecule is CCc1cnc(CNC(=O)[C@H]2C3C=CC(C3)[C@H]2C(=O)O)o1. The smallest absolute Gasteiger partial charge is 0.307 e. The second kappa shape index (κ2) is 5.35. The number of hydrogen-bond acceptors (Lipinski definition) is 4. The van der Waals surface area contributed by atoms with E-state index in [1.807, 2.05) is 19.1 Å². The van der Waals surface area contributed by atoms with Gasteiger partial charge in [-0.05, 0) is 18.3 Å². The zero-order valence-electron chi connectivity index (χ0n) is 11.8. The lowest BCUT2D eigenvalue weighted by molar-refractivity contribution is -0.147. The average Bonchev–Trinajstić information content (AvgIpc) is 3.18. The highest BCUT2D eigenvalue weighted by molar-refractivity contribution is 5.86. The maximum atomic E-state index is 12.3. The topological polar surface area (TPSA) is 92.4 Å². The Bertz CT molecular complexity index is 592. The van der Waals surface area contributed by atoms with Crippen LogP contribution in [0, 0.1) is 23.7 Å². The Morgan fingerprint density at radius 1 is 1.38 bits per heavy atom. The number of aryl methyl sites for hydroxylation is 1. The lowest BCUT2D eigenvalue weighted by Crippen LogP contribution is -2.39. The van der Waals surface area contributed by atoms with E-state index in [2.05, 4.69) is 10.3 Å². The van der Waals surface area contributed by atoms with Gasteiger partial charge in [0.2, 0.25) is 11.8 Å². The molecule has 1 heterocycles. The summed E-state index contributed by atoms with van der Waals surface area (Å²) in [6.07, 6.45) is 7.04. The number of carboxylic acids is 1. The summed E-state index contributed by atoms with van der Waals surface area (Å²) in [6.45, 7) is 2.16. The number of hydrogen-bond donors (Lipinski definition) is 2. The number of carbonyl (C=O) groups excluding carboxylic acids is 1. The number of carboxylic acid groups (broad SMARTS) is 1. The van der Waals surface area contributed by atoms with Crippen molar-refractivity contribution >= 4 is 11.9 Å². The fraction of sp³-hybridized carbons (Fsp3) is 0.533. The molecule has 2 aliphatic carbocycles. The molecule has 3 rings (SSSR count). The van der Waals surface area contributed by atoms with E-state index in [4.69, 9.17) is 4.42 Å². The van der Waals surface area contributed by atoms with Crippen molar-refractivity contribution in [3.63, 3.8) is 0 Å². The zero-order valence-corrected chi connectivity index (χ0v) is 11.8. The molecule has 0 aliphatic heterocycles. The van der Waals surface area contributed by atoms with Crippen LogP contribution in [0.5, 0.6) is 0 Å². The number of aromatic nitrogens is 1. The third kappa shape index (κ3) is 2.46. The molecular weight excluding hydrogens is 272 g/mol. The van der Waals surface area contributed by atoms with Crippen molar-refractivity contribution in [2.75, 3.05) is 0 Å². The standard InChI is InChI=1S/C15H18N2O4/c1-2-10-6-16-11(21-10)7-17-14(18)12-8-3-4-9(5-8)13(12)15(19)20/h3-4,6,8-9,12-13H,2,5,7H2,1H3,(H,17,18)(H,19,20)/t8?,9?,12-,13+/m0/s1. The van der Waals surface area contributed by atoms with Gasteiger partial charge in [0.05, 0.1) is 24.6 Å². The summed E-state index contributed by atoms with van der Waals surface area (Å²) in [5.74, 6) is -0.986. The molecule has 2 unspecified atom stereocenters. The number of amides is 1. The summed E-state index contributed by atoms with van der Waals surface area (Å²) in [7, 11) is 0. The van der Waals surface area contributed by atoms with Gasteiger partial charge < -0.3 is 14.8 Å². The molecule has 0 saturated heterocycles. The summed E-state index contributed by atoms with van der Waals surface area (Å²) in [4.78, 5) is 27.8. The molecule has 112 valence electrons. The second-order valence-corrected chi connectivity index (χ2v) is 5.63. The van der Waals surface area contributed by atoms with Crippen LogP contribution < -0.4 is 5.32 Å². The highest BCUT2D eigenvalue weighted by Gasteiger charge is 2.51. The molecule has 2 N–H and O–H groups in total. The molecule has 1 saturated carbocycles. The Morgan fingerprint density at radius 2 is 2.10 bits per heavy atom. The van der Waals surface area contributed by atoms with Crippen molar-refractivity contribution in [3.05, 3.63) is 30.0 Å². The van der Waals surface area contributed by atoms with Gasteiger partial charge in [-0.25, -0.2) is 4.98 Å². The van der Waals surface area contributed by atoms with Crippen LogP contribution in [0.25, 0.3) is 0 Å². The van der Waals surface area contributed by atoms with Crippen molar-refractivity contribution in [1.82, 2.24) is 10.3 Å². The first kappa shape index (κ1) is 13.9. The number of nitrogens with one attached hydrogen (secondary N) is 1. The van der Waals surface area contributed by atoms with E-state index in [0.717, 1.165) is 18.6 Å². The Morgan fingerprint density at radius 3 is 2.71 bits per heavy atom. The van der Waals surface area contributed by atoms with Gasteiger partial charge in [0.15, 0.2) is 0 Å². The van der Waals surface area contributed by atoms with E-state index < -0.39 is 17.8 Å². The normalized spacial score (nSPS) is 29.8. The molecule has 6 nitrogen and oxygen atoms in total. The van der Waals surface area contributed by atoms with Gasteiger partial charge in [-0.2, -0.15) is 0 Å². The minimum absolute atomic E-state index is 0.0170. The van der Waals surface area contributed by atoms with Crippen LogP contribution in [0.1, 0.15) is 25.0 Å². The fourth-order valence-electron chi connectivity index (χ4n) is 3.39. The van der Waals surface area contributed by atoms with Gasteiger partial charge in [0.1, 0.15) is 5.76 Å². The Hall–Kier alpha value is -2.11. The van der Waals surface area contributed by atoms with E-state index >= 15 is 0 Å². The summed E-state index contributed by atoms with van der Waals surface area (Å²) < 4.78 is 5.43. The largest absolute Gasteiger partial charge is 0.481 e. The van der Waals surface area contributed by atoms with Crippen LogP contribution in [0.4, 0.5) is 0 Å². The van der Waals surface area contributed by atoms with Crippen molar-refractivity contribution in [3.8, 4) is 0 Å². The summed E-state index contributed by atoms with van der Waals surface area (Å²) >= 11 is 0. The summed E-state index contributed by atoms with van der Waals surface area (Å²) in [6, 6.07) is 0. The number of carbonyl (C=O) groups is 2. The molecule has 21 heavy (non-hydrogen) atoms. The van der Waals surface area contributed by atoms with Crippen LogP contribution >= 0.6 is 0 Å². The molecular formula is C15H18N2O4. The first-order chi connectivity index (χ1) is 10.1. The van der Waals surface area contributed by atoms with E-state index in [1.165, 1.54) is 0 Å². The van der Waals surface area contributed by atoms with Crippen LogP contribution in [0.3, 0.4) is 0 Å². The molecule has 1 aromatic rings. The van der Waals surface area contributed by atoms with Crippen LogP contribution in [0.2, 0.25) is 0 Å². The van der Waals surface area contributed by atoms with E-state index in [9.17, 15) is 14.7 Å². The third-order valence-electron chi connectivity index (χ3n) is 4.41. The predicted molar refractivity (Wildman–Crippen MR) is 73.1 cm³/mol. The first-order valence-corrected chi connectivity index (χ1v) is 7.22. The molecule has 1 amide bonds. The molecule has 2 bridgehead atoms. The van der Waals surface area contributed by atoms with Crippen LogP contribution in [-0.4, -0.2) is 22.0 Å². The third-order valence-corrected chi connectivity index (χ3v) is 4.41. The Labute approximate surface area is 122 Å². The van der Waals surface area contributed by atoms with Gasteiger partial charge in [0, 0.05) is 6.42 Å². The lowest BCUT2D eigenvalue weighted by atomic mass is 9.82. The Balaban J connectivity index is 1.65. The van der Waals surface area contributed by atoms with E-state index in [0.29, 0.717) is 5.89 Å². The number of oxazole rings is 1. The molecule has 1 aromatic heterocycles. The quantitative estimate of drug-likeness (QED) is 0.799. The molecule has 0 radical (unpaired) electrons. The number of fused-ring (bicyclic) bond motifs is 2. The maximum absolute atomic E-state index is 12.3. The highest BCUT2D eigenvalue weighted by atomic mass is 16.4. The molecule has 0 aromatic carbocycles. The fourth-order valence-corrected chi connectivity index (χ4v) is 3.39. The number of aliphatic carboxylic acids is 1. The average molecular weight is 290 g/mol. The molecule has 2 aliphatic rings. The summed E-state index contributed by atoms with van der Waals surface area (Å²) in [5, 5.41) is 12.1. The molecule has 4 atom stereocenters. The Kier molecular flexibility index (Phi) is 3.53. The second-order valence-electron chi connectivity index (χ2n) is 5.63. The summed E-state index contributed by atoms with van der Waals surface area (Å²) in [5.41, 5.74) is 0. The van der Waals surface area contributed by atoms with Crippen molar-refractivity contribution in [1.29, 1.82) is 0 Å². The minimum Gasteiger partial charge on any atom is -0.481 e. The van der Waals surface area contributed by atoms with Crippen molar-refractivity contribution in [2.24, 2.45) is 23.7 Å². The first-order valence-electron chi connectivity index (χ1n) is 7.22. The van der Waals surface area contributed by atoms with Gasteiger partial charge in [-0.3, -0.25) is 9.59 Å². The van der Waals surface area contributed by atoms with Crippen LogP contribution in [-0.2, 0) is 22.6 Å². The molecule has 6 heteroatoms. The van der Waals surface area contributed by atoms with E-state index in [1.54, 1.807) is 6.20 Å². The number of rotatable bonds is 5. The van der Waals surface area contributed by atoms with Gasteiger partial charge in [-0.15, -0.1) is 0 Å². The lowest BCUT2D eigenvalue weighted by Gasteiger charge is -2.23. The van der Waals surface area contributed by atoms with Gasteiger partial charge in [-0.1, -0.05) is 19.1 Å². The van der Waals surface area contributed by atoms with Crippen LogP contribution in [0.15, 0.2) is 22.8 Å². The number of nitrogens with zero attached hydrogens (tertiary/aromatic N) is 1. The zero-order chi connectivity index (χ0) is 15.0. The molecule has 0 spiro atoms. The minimum atomic E-state index is -0.892. The van der Waals surface area contributed by atoms with Gasteiger partial charge >= 0.3 is 5.97 Å². The van der Waals surface area contributed by atoms with Crippen molar-refractivity contribution in [2.45, 2.75) is 26.3 Å². The van der Waals surface area contributed by atoms with Gasteiger partial charge in [0.25, 0.3) is 0 Å². The number of allylic oxidation sites excluding steroid dienone is 2. The molecule has 1 fully saturated rings. The highest BCUT2D eigenvalue weighted by Crippen LogP contribution is 2.48. The van der Waals surface area contributed by atoms with Crippen molar-refractivity contribution < 1.29 is 19.1 Å². The predicted octanol–water partition coefficient (Wildman–Crippen LogP) is 1.38.